The highest BCUT2D eigenvalue weighted by molar-refractivity contribution is 9.10. The predicted molar refractivity (Wildman–Crippen MR) is 81.3 cm³/mol. The van der Waals surface area contributed by atoms with Gasteiger partial charge in [0, 0.05) is 11.0 Å². The minimum Gasteiger partial charge on any atom is -0.493 e. The van der Waals surface area contributed by atoms with E-state index in [0.717, 1.165) is 29.1 Å². The molecule has 1 atom stereocenters. The summed E-state index contributed by atoms with van der Waals surface area (Å²) in [6, 6.07) is 4.14. The van der Waals surface area contributed by atoms with E-state index < -0.39 is 0 Å². The zero-order chi connectivity index (χ0) is 13.8. The Morgan fingerprint density at radius 1 is 1.32 bits per heavy atom. The van der Waals surface area contributed by atoms with Crippen molar-refractivity contribution in [3.8, 4) is 11.5 Å². The molecule has 0 bridgehead atoms. The van der Waals surface area contributed by atoms with Crippen molar-refractivity contribution >= 4 is 15.9 Å². The third kappa shape index (κ3) is 3.63. The summed E-state index contributed by atoms with van der Waals surface area (Å²) >= 11 is 3.66. The number of hydrogen-bond acceptors (Lipinski definition) is 3. The van der Waals surface area contributed by atoms with Gasteiger partial charge >= 0.3 is 0 Å². The molecule has 1 N–H and O–H groups in total. The summed E-state index contributed by atoms with van der Waals surface area (Å²) < 4.78 is 12.4. The molecule has 4 heteroatoms. The third-order valence-electron chi connectivity index (χ3n) is 3.38. The Hall–Kier alpha value is -0.740. The molecule has 106 valence electrons. The number of halogens is 1. The molecule has 3 nitrogen and oxygen atoms in total. The number of benzene rings is 1. The molecule has 1 heterocycles. The number of hydrogen-bond donors (Lipinski definition) is 1. The highest BCUT2D eigenvalue weighted by atomic mass is 79.9. The van der Waals surface area contributed by atoms with Gasteiger partial charge in [-0.05, 0) is 56.8 Å². The van der Waals surface area contributed by atoms with E-state index in [1.54, 1.807) is 7.11 Å². The lowest BCUT2D eigenvalue weighted by molar-refractivity contribution is 0.229. The fourth-order valence-electron chi connectivity index (χ4n) is 2.49. The third-order valence-corrected chi connectivity index (χ3v) is 4.07. The highest BCUT2D eigenvalue weighted by Crippen LogP contribution is 2.38. The molecule has 0 radical (unpaired) electrons. The molecule has 1 saturated heterocycles. The van der Waals surface area contributed by atoms with E-state index in [0.29, 0.717) is 5.92 Å². The summed E-state index contributed by atoms with van der Waals surface area (Å²) in [5.74, 6) is 2.16. The van der Waals surface area contributed by atoms with Crippen molar-refractivity contribution in [3.05, 3.63) is 22.2 Å². The fourth-order valence-corrected chi connectivity index (χ4v) is 3.13. The standard InChI is InChI=1S/C15H22BrNO2/c1-10(2)19-15-7-12(11-5-4-6-17-9-11)13(16)8-14(15)18-3/h7-8,10-11,17H,4-6,9H2,1-3H3. The van der Waals surface area contributed by atoms with Crippen molar-refractivity contribution < 1.29 is 9.47 Å². The minimum atomic E-state index is 0.146. The Bertz CT molecular complexity index is 428. The number of nitrogens with one attached hydrogen (secondary N) is 1. The smallest absolute Gasteiger partial charge is 0.161 e. The Balaban J connectivity index is 2.31. The molecule has 1 aliphatic rings. The van der Waals surface area contributed by atoms with Crippen LogP contribution in [0.15, 0.2) is 16.6 Å². The summed E-state index contributed by atoms with van der Waals surface area (Å²) in [6.45, 7) is 6.22. The molecule has 0 aliphatic carbocycles. The first-order valence-corrected chi connectivity index (χ1v) is 7.66. The molecule has 19 heavy (non-hydrogen) atoms. The van der Waals surface area contributed by atoms with Crippen molar-refractivity contribution in [2.75, 3.05) is 20.2 Å². The average molecular weight is 328 g/mol. The van der Waals surface area contributed by atoms with Gasteiger partial charge in [0.25, 0.3) is 0 Å². The summed E-state index contributed by atoms with van der Waals surface area (Å²) in [6.07, 6.45) is 2.59. The van der Waals surface area contributed by atoms with E-state index in [4.69, 9.17) is 9.47 Å². The molecule has 1 fully saturated rings. The van der Waals surface area contributed by atoms with Crippen LogP contribution in [-0.4, -0.2) is 26.3 Å². The van der Waals surface area contributed by atoms with Crippen LogP contribution in [0.25, 0.3) is 0 Å². The van der Waals surface area contributed by atoms with E-state index in [2.05, 4.69) is 27.3 Å². The van der Waals surface area contributed by atoms with Crippen molar-refractivity contribution in [2.24, 2.45) is 0 Å². The minimum absolute atomic E-state index is 0.146. The second-order valence-electron chi connectivity index (χ2n) is 5.23. The Morgan fingerprint density at radius 3 is 2.68 bits per heavy atom. The van der Waals surface area contributed by atoms with Gasteiger partial charge in [-0.3, -0.25) is 0 Å². The molecule has 2 rings (SSSR count). The maximum atomic E-state index is 5.86. The van der Waals surface area contributed by atoms with Gasteiger partial charge in [0.05, 0.1) is 13.2 Å². The molecule has 0 aromatic heterocycles. The van der Waals surface area contributed by atoms with Crippen LogP contribution in [0.2, 0.25) is 0 Å². The van der Waals surface area contributed by atoms with Gasteiger partial charge in [-0.25, -0.2) is 0 Å². The van der Waals surface area contributed by atoms with Crippen LogP contribution in [0.4, 0.5) is 0 Å². The molecule has 1 aromatic carbocycles. The van der Waals surface area contributed by atoms with E-state index in [-0.39, 0.29) is 6.10 Å². The van der Waals surface area contributed by atoms with Crippen LogP contribution in [0.5, 0.6) is 11.5 Å². The number of ether oxygens (including phenoxy) is 2. The van der Waals surface area contributed by atoms with Crippen LogP contribution >= 0.6 is 15.9 Å². The second kappa shape index (κ2) is 6.62. The molecule has 0 saturated carbocycles. The molecular weight excluding hydrogens is 306 g/mol. The van der Waals surface area contributed by atoms with Crippen molar-refractivity contribution in [3.63, 3.8) is 0 Å². The Kier molecular flexibility index (Phi) is 5.11. The largest absolute Gasteiger partial charge is 0.493 e. The van der Waals surface area contributed by atoms with Gasteiger partial charge in [0.15, 0.2) is 11.5 Å². The fraction of sp³-hybridized carbons (Fsp3) is 0.600. The maximum Gasteiger partial charge on any atom is 0.161 e. The van der Waals surface area contributed by atoms with E-state index in [1.165, 1.54) is 18.4 Å². The van der Waals surface area contributed by atoms with Gasteiger partial charge < -0.3 is 14.8 Å². The molecule has 0 spiro atoms. The van der Waals surface area contributed by atoms with Crippen molar-refractivity contribution in [1.29, 1.82) is 0 Å². The highest BCUT2D eigenvalue weighted by Gasteiger charge is 2.20. The molecule has 1 aliphatic heterocycles. The van der Waals surface area contributed by atoms with E-state index in [9.17, 15) is 0 Å². The second-order valence-corrected chi connectivity index (χ2v) is 6.09. The Labute approximate surface area is 123 Å². The first-order chi connectivity index (χ1) is 9.11. The van der Waals surface area contributed by atoms with Gasteiger partial charge in [-0.1, -0.05) is 15.9 Å². The summed E-state index contributed by atoms with van der Waals surface area (Å²) in [5.41, 5.74) is 1.31. The first-order valence-electron chi connectivity index (χ1n) is 6.86. The van der Waals surface area contributed by atoms with Gasteiger partial charge in [-0.2, -0.15) is 0 Å². The maximum absolute atomic E-state index is 5.86. The van der Waals surface area contributed by atoms with E-state index >= 15 is 0 Å². The summed E-state index contributed by atoms with van der Waals surface area (Å²) in [4.78, 5) is 0. The van der Waals surface area contributed by atoms with E-state index in [1.807, 2.05) is 19.9 Å². The predicted octanol–water partition coefficient (Wildman–Crippen LogP) is 3.71. The van der Waals surface area contributed by atoms with Crippen LogP contribution in [0, 0.1) is 0 Å². The van der Waals surface area contributed by atoms with Crippen molar-refractivity contribution in [2.45, 2.75) is 38.7 Å². The van der Waals surface area contributed by atoms with Gasteiger partial charge in [0.1, 0.15) is 0 Å². The molecule has 1 aromatic rings. The topological polar surface area (TPSA) is 30.5 Å². The molecular formula is C15H22BrNO2. The van der Waals surface area contributed by atoms with Crippen LogP contribution in [0.1, 0.15) is 38.2 Å². The lowest BCUT2D eigenvalue weighted by Crippen LogP contribution is -2.28. The van der Waals surface area contributed by atoms with Gasteiger partial charge in [0.2, 0.25) is 0 Å². The number of methoxy groups -OCH3 is 1. The monoisotopic (exact) mass is 327 g/mol. The summed E-state index contributed by atoms with van der Waals surface area (Å²) in [5, 5.41) is 3.46. The SMILES string of the molecule is COc1cc(Br)c(C2CCCNC2)cc1OC(C)C. The van der Waals surface area contributed by atoms with Crippen LogP contribution in [0.3, 0.4) is 0 Å². The molecule has 0 amide bonds. The number of rotatable bonds is 4. The lowest BCUT2D eigenvalue weighted by atomic mass is 9.91. The normalized spacial score (nSPS) is 19.5. The first kappa shape index (κ1) is 14.7. The zero-order valence-electron chi connectivity index (χ0n) is 11.8. The summed E-state index contributed by atoms with van der Waals surface area (Å²) in [7, 11) is 1.68. The average Bonchev–Trinajstić information content (AvgIpc) is 2.40. The van der Waals surface area contributed by atoms with Gasteiger partial charge in [-0.15, -0.1) is 0 Å². The Morgan fingerprint density at radius 2 is 2.11 bits per heavy atom. The number of piperidine rings is 1. The zero-order valence-corrected chi connectivity index (χ0v) is 13.4. The van der Waals surface area contributed by atoms with Crippen LogP contribution in [-0.2, 0) is 0 Å². The van der Waals surface area contributed by atoms with Crippen LogP contribution < -0.4 is 14.8 Å². The van der Waals surface area contributed by atoms with Crippen molar-refractivity contribution in [1.82, 2.24) is 5.32 Å². The molecule has 1 unspecified atom stereocenters. The quantitative estimate of drug-likeness (QED) is 0.914. The lowest BCUT2D eigenvalue weighted by Gasteiger charge is -2.25.